The highest BCUT2D eigenvalue weighted by atomic mass is 35.5. The number of nitrogens with zero attached hydrogens (tertiary/aromatic N) is 2. The molecule has 0 atom stereocenters. The fraction of sp³-hybridized carbons (Fsp3) is 0.308. The van der Waals surface area contributed by atoms with Crippen LogP contribution in [0, 0.1) is 0 Å². The molecule has 2 aromatic rings. The summed E-state index contributed by atoms with van der Waals surface area (Å²) in [6.07, 6.45) is 0. The lowest BCUT2D eigenvalue weighted by molar-refractivity contribution is 0.102. The first-order chi connectivity index (χ1) is 9.93. The average Bonchev–Trinajstić information content (AvgIpc) is 2.89. The predicted molar refractivity (Wildman–Crippen MR) is 85.0 cm³/mol. The molecule has 5 nitrogen and oxygen atoms in total. The van der Waals surface area contributed by atoms with Crippen molar-refractivity contribution in [2.45, 2.75) is 19.8 Å². The zero-order valence-corrected chi connectivity index (χ0v) is 13.9. The maximum absolute atomic E-state index is 12.4. The summed E-state index contributed by atoms with van der Waals surface area (Å²) in [5.41, 5.74) is 0.174. The van der Waals surface area contributed by atoms with Gasteiger partial charge in [0, 0.05) is 5.92 Å². The molecule has 21 heavy (non-hydrogen) atoms. The van der Waals surface area contributed by atoms with Gasteiger partial charge in [0.05, 0.1) is 17.2 Å². The number of amides is 1. The zero-order valence-electron chi connectivity index (χ0n) is 11.6. The molecule has 0 radical (unpaired) electrons. The van der Waals surface area contributed by atoms with Gasteiger partial charge in [-0.25, -0.2) is 0 Å². The number of methoxy groups -OCH3 is 1. The zero-order chi connectivity index (χ0) is 15.6. The summed E-state index contributed by atoms with van der Waals surface area (Å²) in [7, 11) is 1.43. The van der Waals surface area contributed by atoms with Gasteiger partial charge in [-0.05, 0) is 12.1 Å². The number of benzene rings is 1. The number of carbonyl (C=O) groups excluding carboxylic acids is 1. The van der Waals surface area contributed by atoms with Crippen LogP contribution in [-0.4, -0.2) is 23.2 Å². The lowest BCUT2D eigenvalue weighted by atomic mass is 10.2. The van der Waals surface area contributed by atoms with Crippen LogP contribution in [-0.2, 0) is 0 Å². The van der Waals surface area contributed by atoms with Crippen LogP contribution in [0.1, 0.15) is 35.1 Å². The quantitative estimate of drug-likeness (QED) is 0.900. The summed E-state index contributed by atoms with van der Waals surface area (Å²) in [5.74, 6) is 0.0403. The van der Waals surface area contributed by atoms with Crippen LogP contribution in [0.25, 0.3) is 0 Å². The van der Waals surface area contributed by atoms with Gasteiger partial charge in [0.25, 0.3) is 5.91 Å². The lowest BCUT2D eigenvalue weighted by Crippen LogP contribution is -2.14. The number of hydrogen-bond donors (Lipinski definition) is 1. The first-order valence-electron chi connectivity index (χ1n) is 6.10. The van der Waals surface area contributed by atoms with Crippen molar-refractivity contribution in [2.75, 3.05) is 12.4 Å². The van der Waals surface area contributed by atoms with Crippen LogP contribution in [0.3, 0.4) is 0 Å². The standard InChI is InChI=1S/C13H13Cl2N3O2S/c1-6(2)12-17-18-13(21-12)16-11(19)9-7(14)4-5-8(15)10(9)20-3/h4-6H,1-3H3,(H,16,18,19). The van der Waals surface area contributed by atoms with Gasteiger partial charge in [-0.3, -0.25) is 10.1 Å². The van der Waals surface area contributed by atoms with Gasteiger partial charge in [0.2, 0.25) is 5.13 Å². The predicted octanol–water partition coefficient (Wildman–Crippen LogP) is 4.23. The normalized spacial score (nSPS) is 10.8. The van der Waals surface area contributed by atoms with Crippen molar-refractivity contribution in [3.05, 3.63) is 32.7 Å². The molecule has 112 valence electrons. The summed E-state index contributed by atoms with van der Waals surface area (Å²) in [6.45, 7) is 4.01. The third kappa shape index (κ3) is 3.45. The van der Waals surface area contributed by atoms with Crippen LogP contribution in [0.4, 0.5) is 5.13 Å². The Balaban J connectivity index is 2.30. The van der Waals surface area contributed by atoms with E-state index < -0.39 is 5.91 Å². The third-order valence-electron chi connectivity index (χ3n) is 2.64. The van der Waals surface area contributed by atoms with Crippen LogP contribution in [0.15, 0.2) is 12.1 Å². The molecule has 1 aromatic carbocycles. The van der Waals surface area contributed by atoms with Crippen molar-refractivity contribution < 1.29 is 9.53 Å². The Bertz CT molecular complexity index is 673. The van der Waals surface area contributed by atoms with Gasteiger partial charge in [-0.15, -0.1) is 10.2 Å². The Hall–Kier alpha value is -1.37. The Morgan fingerprint density at radius 2 is 1.95 bits per heavy atom. The van der Waals surface area contributed by atoms with Gasteiger partial charge in [-0.1, -0.05) is 48.4 Å². The molecule has 0 aliphatic heterocycles. The van der Waals surface area contributed by atoms with Gasteiger partial charge in [-0.2, -0.15) is 0 Å². The van der Waals surface area contributed by atoms with Crippen LogP contribution >= 0.6 is 34.5 Å². The summed E-state index contributed by atoms with van der Waals surface area (Å²) < 4.78 is 5.15. The Labute approximate surface area is 136 Å². The van der Waals surface area contributed by atoms with Crippen LogP contribution in [0.5, 0.6) is 5.75 Å². The molecular weight excluding hydrogens is 333 g/mol. The summed E-state index contributed by atoms with van der Waals surface area (Å²) >= 11 is 13.4. The molecule has 0 aliphatic carbocycles. The van der Waals surface area contributed by atoms with Crippen molar-refractivity contribution >= 4 is 45.6 Å². The van der Waals surface area contributed by atoms with E-state index in [2.05, 4.69) is 15.5 Å². The van der Waals surface area contributed by atoms with Crippen molar-refractivity contribution in [3.63, 3.8) is 0 Å². The van der Waals surface area contributed by atoms with E-state index >= 15 is 0 Å². The van der Waals surface area contributed by atoms with E-state index in [1.807, 2.05) is 13.8 Å². The van der Waals surface area contributed by atoms with Gasteiger partial charge >= 0.3 is 0 Å². The molecule has 0 aliphatic rings. The second-order valence-corrected chi connectivity index (χ2v) is 6.32. The summed E-state index contributed by atoms with van der Waals surface area (Å²) in [4.78, 5) is 12.4. The van der Waals surface area contributed by atoms with Crippen LogP contribution < -0.4 is 10.1 Å². The highest BCUT2D eigenvalue weighted by Gasteiger charge is 2.21. The molecule has 0 unspecified atom stereocenters. The monoisotopic (exact) mass is 345 g/mol. The third-order valence-corrected chi connectivity index (χ3v) is 4.40. The SMILES string of the molecule is COc1c(Cl)ccc(Cl)c1C(=O)Nc1nnc(C(C)C)s1. The van der Waals surface area contributed by atoms with E-state index in [1.165, 1.54) is 18.4 Å². The van der Waals surface area contributed by atoms with E-state index in [9.17, 15) is 4.79 Å². The number of rotatable bonds is 4. The highest BCUT2D eigenvalue weighted by molar-refractivity contribution is 7.15. The fourth-order valence-electron chi connectivity index (χ4n) is 1.62. The van der Waals surface area contributed by atoms with E-state index in [0.29, 0.717) is 10.2 Å². The van der Waals surface area contributed by atoms with Gasteiger partial charge < -0.3 is 4.74 Å². The minimum atomic E-state index is -0.439. The highest BCUT2D eigenvalue weighted by Crippen LogP contribution is 2.34. The Morgan fingerprint density at radius 1 is 1.29 bits per heavy atom. The fourth-order valence-corrected chi connectivity index (χ4v) is 2.83. The number of hydrogen-bond acceptors (Lipinski definition) is 5. The largest absolute Gasteiger partial charge is 0.494 e. The molecule has 1 amide bonds. The molecule has 0 saturated carbocycles. The lowest BCUT2D eigenvalue weighted by Gasteiger charge is -2.11. The van der Waals surface area contributed by atoms with Gasteiger partial charge in [0.15, 0.2) is 5.75 Å². The van der Waals surface area contributed by atoms with Crippen molar-refractivity contribution in [1.82, 2.24) is 10.2 Å². The van der Waals surface area contributed by atoms with Crippen molar-refractivity contribution in [1.29, 1.82) is 0 Å². The summed E-state index contributed by atoms with van der Waals surface area (Å²) in [6, 6.07) is 3.11. The molecule has 1 aromatic heterocycles. The van der Waals surface area contributed by atoms with E-state index in [4.69, 9.17) is 27.9 Å². The van der Waals surface area contributed by atoms with Crippen molar-refractivity contribution in [3.8, 4) is 5.75 Å². The number of nitrogens with one attached hydrogen (secondary N) is 1. The molecular formula is C13H13Cl2N3O2S. The molecule has 0 bridgehead atoms. The van der Waals surface area contributed by atoms with E-state index in [1.54, 1.807) is 12.1 Å². The van der Waals surface area contributed by atoms with Crippen molar-refractivity contribution in [2.24, 2.45) is 0 Å². The second-order valence-electron chi connectivity index (χ2n) is 4.49. The van der Waals surface area contributed by atoms with E-state index in [-0.39, 0.29) is 22.3 Å². The maximum Gasteiger partial charge on any atom is 0.262 e. The first kappa shape index (κ1) is 16.0. The maximum atomic E-state index is 12.4. The average molecular weight is 346 g/mol. The number of carbonyl (C=O) groups is 1. The minimum Gasteiger partial charge on any atom is -0.494 e. The molecule has 2 rings (SSSR count). The van der Waals surface area contributed by atoms with Crippen LogP contribution in [0.2, 0.25) is 10.0 Å². The number of halogens is 2. The molecule has 0 spiro atoms. The minimum absolute atomic E-state index is 0.174. The number of anilines is 1. The molecule has 1 heterocycles. The Morgan fingerprint density at radius 3 is 2.52 bits per heavy atom. The molecule has 1 N–H and O–H groups in total. The second kappa shape index (κ2) is 6.60. The van der Waals surface area contributed by atoms with E-state index in [0.717, 1.165) is 5.01 Å². The molecule has 0 fully saturated rings. The number of ether oxygens (including phenoxy) is 1. The topological polar surface area (TPSA) is 64.1 Å². The molecule has 8 heteroatoms. The van der Waals surface area contributed by atoms with Gasteiger partial charge in [0.1, 0.15) is 10.6 Å². The molecule has 0 saturated heterocycles. The first-order valence-corrected chi connectivity index (χ1v) is 7.68. The Kier molecular flexibility index (Phi) is 5.03. The summed E-state index contributed by atoms with van der Waals surface area (Å²) in [5, 5.41) is 12.4. The smallest absolute Gasteiger partial charge is 0.262 e. The number of aromatic nitrogens is 2.